The first-order chi connectivity index (χ1) is 11.8. The Morgan fingerprint density at radius 3 is 2.60 bits per heavy atom. The van der Waals surface area contributed by atoms with Crippen LogP contribution in [-0.2, 0) is 9.53 Å². The van der Waals surface area contributed by atoms with Crippen LogP contribution in [0.4, 0.5) is 5.00 Å². The van der Waals surface area contributed by atoms with Crippen LogP contribution in [0.1, 0.15) is 45.1 Å². The number of thiophene rings is 1. The number of carbonyl (C=O) groups is 3. The molecule has 0 aliphatic carbocycles. The van der Waals surface area contributed by atoms with Gasteiger partial charge in [0.15, 0.2) is 10.1 Å². The number of thioether (sulfide) groups is 1. The van der Waals surface area contributed by atoms with Crippen molar-refractivity contribution in [1.82, 2.24) is 4.98 Å². The van der Waals surface area contributed by atoms with Crippen molar-refractivity contribution in [2.24, 2.45) is 0 Å². The van der Waals surface area contributed by atoms with Crippen molar-refractivity contribution in [3.8, 4) is 0 Å². The summed E-state index contributed by atoms with van der Waals surface area (Å²) in [7, 11) is 0. The SMILES string of the molecule is CCOC(=O)c1c(NC(=O)CSc2nc(C)cs2)sc(C(C)=O)c1C. The fraction of sp³-hybridized carbons (Fsp3) is 0.375. The van der Waals surface area contributed by atoms with E-state index in [2.05, 4.69) is 10.3 Å². The van der Waals surface area contributed by atoms with E-state index in [0.29, 0.717) is 15.4 Å². The fourth-order valence-corrected chi connectivity index (χ4v) is 4.83. The number of nitrogens with zero attached hydrogens (tertiary/aromatic N) is 1. The zero-order chi connectivity index (χ0) is 18.6. The number of carbonyl (C=O) groups excluding carboxylic acids is 3. The van der Waals surface area contributed by atoms with Crippen molar-refractivity contribution in [3.63, 3.8) is 0 Å². The topological polar surface area (TPSA) is 85.4 Å². The molecule has 0 saturated heterocycles. The van der Waals surface area contributed by atoms with Gasteiger partial charge in [-0.05, 0) is 33.3 Å². The van der Waals surface area contributed by atoms with Crippen molar-refractivity contribution in [3.05, 3.63) is 27.1 Å². The van der Waals surface area contributed by atoms with E-state index in [1.54, 1.807) is 13.8 Å². The summed E-state index contributed by atoms with van der Waals surface area (Å²) in [5.74, 6) is -0.787. The van der Waals surface area contributed by atoms with Crippen molar-refractivity contribution in [2.45, 2.75) is 32.0 Å². The first-order valence-electron chi connectivity index (χ1n) is 7.49. The van der Waals surface area contributed by atoms with Gasteiger partial charge in [-0.25, -0.2) is 9.78 Å². The molecule has 0 fully saturated rings. The van der Waals surface area contributed by atoms with Crippen LogP contribution in [0.15, 0.2) is 9.72 Å². The third kappa shape index (κ3) is 4.90. The van der Waals surface area contributed by atoms with Crippen LogP contribution in [-0.4, -0.2) is 35.0 Å². The number of hydrogen-bond acceptors (Lipinski definition) is 8. The number of esters is 1. The molecular weight excluding hydrogens is 380 g/mol. The highest BCUT2D eigenvalue weighted by Crippen LogP contribution is 2.34. The van der Waals surface area contributed by atoms with E-state index in [1.807, 2.05) is 12.3 Å². The number of anilines is 1. The summed E-state index contributed by atoms with van der Waals surface area (Å²) < 4.78 is 5.86. The molecule has 1 N–H and O–H groups in total. The summed E-state index contributed by atoms with van der Waals surface area (Å²) in [5.41, 5.74) is 1.70. The van der Waals surface area contributed by atoms with Gasteiger partial charge in [-0.3, -0.25) is 9.59 Å². The number of amides is 1. The number of hydrogen-bond donors (Lipinski definition) is 1. The number of ether oxygens (including phenoxy) is 1. The van der Waals surface area contributed by atoms with Crippen LogP contribution >= 0.6 is 34.4 Å². The van der Waals surface area contributed by atoms with Gasteiger partial charge in [-0.1, -0.05) is 11.8 Å². The lowest BCUT2D eigenvalue weighted by Gasteiger charge is -2.06. The third-order valence-electron chi connectivity index (χ3n) is 3.12. The smallest absolute Gasteiger partial charge is 0.341 e. The highest BCUT2D eigenvalue weighted by Gasteiger charge is 2.25. The lowest BCUT2D eigenvalue weighted by atomic mass is 10.1. The van der Waals surface area contributed by atoms with Gasteiger partial charge in [0, 0.05) is 11.1 Å². The van der Waals surface area contributed by atoms with Gasteiger partial charge in [-0.2, -0.15) is 0 Å². The first kappa shape index (κ1) is 19.6. The van der Waals surface area contributed by atoms with Gasteiger partial charge in [0.2, 0.25) is 5.91 Å². The average Bonchev–Trinajstić information content (AvgIpc) is 3.09. The van der Waals surface area contributed by atoms with Crippen LogP contribution in [0.25, 0.3) is 0 Å². The molecule has 1 amide bonds. The highest BCUT2D eigenvalue weighted by atomic mass is 32.2. The van der Waals surface area contributed by atoms with Crippen LogP contribution in [0, 0.1) is 13.8 Å². The van der Waals surface area contributed by atoms with E-state index in [1.165, 1.54) is 30.0 Å². The maximum absolute atomic E-state index is 12.2. The van der Waals surface area contributed by atoms with Crippen LogP contribution in [0.3, 0.4) is 0 Å². The zero-order valence-electron chi connectivity index (χ0n) is 14.3. The molecule has 2 rings (SSSR count). The van der Waals surface area contributed by atoms with Gasteiger partial charge < -0.3 is 10.1 Å². The lowest BCUT2D eigenvalue weighted by molar-refractivity contribution is -0.113. The number of aryl methyl sites for hydroxylation is 1. The Kier molecular flexibility index (Phi) is 6.74. The summed E-state index contributed by atoms with van der Waals surface area (Å²) in [6, 6.07) is 0. The number of thiazole rings is 1. The van der Waals surface area contributed by atoms with E-state index in [4.69, 9.17) is 4.74 Å². The van der Waals surface area contributed by atoms with Crippen molar-refractivity contribution in [1.29, 1.82) is 0 Å². The van der Waals surface area contributed by atoms with E-state index in [-0.39, 0.29) is 29.6 Å². The lowest BCUT2D eigenvalue weighted by Crippen LogP contribution is -2.16. The maximum Gasteiger partial charge on any atom is 0.341 e. The maximum atomic E-state index is 12.2. The molecule has 0 aliphatic rings. The summed E-state index contributed by atoms with van der Waals surface area (Å²) in [6.45, 7) is 6.93. The zero-order valence-corrected chi connectivity index (χ0v) is 16.7. The van der Waals surface area contributed by atoms with Crippen LogP contribution < -0.4 is 5.32 Å². The van der Waals surface area contributed by atoms with Crippen molar-refractivity contribution < 1.29 is 19.1 Å². The predicted molar refractivity (Wildman–Crippen MR) is 101 cm³/mol. The molecule has 0 bridgehead atoms. The van der Waals surface area contributed by atoms with Gasteiger partial charge >= 0.3 is 5.97 Å². The molecule has 0 radical (unpaired) electrons. The quantitative estimate of drug-likeness (QED) is 0.432. The first-order valence-corrected chi connectivity index (χ1v) is 10.2. The summed E-state index contributed by atoms with van der Waals surface area (Å²) in [5, 5.41) is 4.99. The summed E-state index contributed by atoms with van der Waals surface area (Å²) in [6.07, 6.45) is 0. The minimum atomic E-state index is -0.540. The van der Waals surface area contributed by atoms with Gasteiger partial charge in [-0.15, -0.1) is 22.7 Å². The van der Waals surface area contributed by atoms with Gasteiger partial charge in [0.25, 0.3) is 0 Å². The molecule has 2 aromatic heterocycles. The Labute approximate surface area is 158 Å². The Bertz CT molecular complexity index is 810. The van der Waals surface area contributed by atoms with E-state index in [0.717, 1.165) is 21.4 Å². The number of Topliss-reactive ketones (excluding diaryl/α,β-unsaturated/α-hetero) is 1. The second kappa shape index (κ2) is 8.59. The predicted octanol–water partition coefficient (Wildman–Crippen LogP) is 3.93. The molecule has 6 nitrogen and oxygen atoms in total. The normalized spacial score (nSPS) is 10.6. The second-order valence-corrected chi connectivity index (χ2v) is 8.23. The second-order valence-electron chi connectivity index (χ2n) is 5.13. The van der Waals surface area contributed by atoms with Gasteiger partial charge in [0.05, 0.1) is 22.8 Å². The Morgan fingerprint density at radius 1 is 1.32 bits per heavy atom. The standard InChI is InChI=1S/C16H18N2O4S3/c1-5-22-15(21)12-9(3)13(10(4)19)25-14(12)18-11(20)7-24-16-17-8(2)6-23-16/h6H,5,7H2,1-4H3,(H,18,20). The molecule has 0 aromatic carbocycles. The number of rotatable bonds is 7. The van der Waals surface area contributed by atoms with E-state index >= 15 is 0 Å². The average molecular weight is 399 g/mol. The molecule has 0 unspecified atom stereocenters. The Hall–Kier alpha value is -1.71. The summed E-state index contributed by atoms with van der Waals surface area (Å²) >= 11 is 3.90. The molecule has 0 saturated carbocycles. The monoisotopic (exact) mass is 398 g/mol. The molecular formula is C16H18N2O4S3. The van der Waals surface area contributed by atoms with Gasteiger partial charge in [0.1, 0.15) is 5.00 Å². The molecule has 134 valence electrons. The Morgan fingerprint density at radius 2 is 2.04 bits per heavy atom. The van der Waals surface area contributed by atoms with E-state index in [9.17, 15) is 14.4 Å². The molecule has 0 atom stereocenters. The molecule has 2 heterocycles. The highest BCUT2D eigenvalue weighted by molar-refractivity contribution is 8.01. The molecule has 25 heavy (non-hydrogen) atoms. The van der Waals surface area contributed by atoms with Crippen LogP contribution in [0.5, 0.6) is 0 Å². The summed E-state index contributed by atoms with van der Waals surface area (Å²) in [4.78, 5) is 40.9. The minimum absolute atomic E-state index is 0.152. The molecule has 0 spiro atoms. The van der Waals surface area contributed by atoms with Crippen molar-refractivity contribution >= 4 is 57.1 Å². The molecule has 0 aliphatic heterocycles. The largest absolute Gasteiger partial charge is 0.462 e. The number of nitrogens with one attached hydrogen (secondary N) is 1. The van der Waals surface area contributed by atoms with E-state index < -0.39 is 5.97 Å². The fourth-order valence-electron chi connectivity index (χ4n) is 2.08. The molecule has 2 aromatic rings. The van der Waals surface area contributed by atoms with Crippen LogP contribution in [0.2, 0.25) is 0 Å². The number of ketones is 1. The third-order valence-corrected chi connectivity index (χ3v) is 6.57. The number of aromatic nitrogens is 1. The van der Waals surface area contributed by atoms with Crippen molar-refractivity contribution in [2.75, 3.05) is 17.7 Å². The molecule has 9 heteroatoms. The minimum Gasteiger partial charge on any atom is -0.462 e. The Balaban J connectivity index is 2.16.